The summed E-state index contributed by atoms with van der Waals surface area (Å²) in [4.78, 5) is 40.8. The Bertz CT molecular complexity index is 1080. The van der Waals surface area contributed by atoms with E-state index >= 15 is 0 Å². The maximum absolute atomic E-state index is 13.9. The van der Waals surface area contributed by atoms with Gasteiger partial charge in [0.05, 0.1) is 12.8 Å². The Labute approximate surface area is 208 Å². The second-order valence-electron chi connectivity index (χ2n) is 9.10. The molecule has 1 heterocycles. The summed E-state index contributed by atoms with van der Waals surface area (Å²) in [5.41, 5.74) is 11.7. The van der Waals surface area contributed by atoms with Gasteiger partial charge in [-0.05, 0) is 54.4 Å². The van der Waals surface area contributed by atoms with Crippen LogP contribution in [0, 0.1) is 5.92 Å². The summed E-state index contributed by atoms with van der Waals surface area (Å²) in [6.07, 6.45) is 4.05. The fourth-order valence-electron chi connectivity index (χ4n) is 4.31. The molecule has 2 aromatic rings. The van der Waals surface area contributed by atoms with Gasteiger partial charge in [-0.1, -0.05) is 32.8 Å². The molecule has 35 heavy (non-hydrogen) atoms. The summed E-state index contributed by atoms with van der Waals surface area (Å²) in [6, 6.07) is 3.37. The summed E-state index contributed by atoms with van der Waals surface area (Å²) >= 11 is 0.792. The maximum Gasteiger partial charge on any atom is 0.270 e. The van der Waals surface area contributed by atoms with Crippen molar-refractivity contribution in [3.8, 4) is 11.5 Å². The first-order chi connectivity index (χ1) is 16.6. The molecule has 0 aliphatic heterocycles. The Morgan fingerprint density at radius 3 is 2.54 bits per heavy atom. The van der Waals surface area contributed by atoms with Gasteiger partial charge in [0.25, 0.3) is 11.8 Å². The number of benzene rings is 1. The molecule has 6 N–H and O–H groups in total. The van der Waals surface area contributed by atoms with Crippen LogP contribution in [0.1, 0.15) is 77.7 Å². The number of nitrogens with one attached hydrogen (secondary N) is 1. The molecule has 1 fully saturated rings. The minimum absolute atomic E-state index is 0.0661. The molecule has 10 nitrogen and oxygen atoms in total. The van der Waals surface area contributed by atoms with Crippen LogP contribution in [0.5, 0.6) is 11.5 Å². The predicted octanol–water partition coefficient (Wildman–Crippen LogP) is 2.83. The molecular formula is C24H33N5O5S. The Morgan fingerprint density at radius 1 is 1.29 bits per heavy atom. The number of phenols is 1. The number of nitrogen functional groups attached to an aromatic ring is 1. The number of hydrogen-bond donors (Lipinski definition) is 4. The molecule has 190 valence electrons. The molecular weight excluding hydrogens is 470 g/mol. The minimum Gasteiger partial charge on any atom is -0.504 e. The van der Waals surface area contributed by atoms with Crippen molar-refractivity contribution in [2.45, 2.75) is 58.0 Å². The normalized spacial score (nSPS) is 14.6. The number of methoxy groups -OCH3 is 1. The van der Waals surface area contributed by atoms with Gasteiger partial charge in [-0.15, -0.1) is 0 Å². The highest BCUT2D eigenvalue weighted by Gasteiger charge is 2.40. The molecule has 3 rings (SSSR count). The van der Waals surface area contributed by atoms with Gasteiger partial charge in [-0.2, -0.15) is 4.37 Å². The smallest absolute Gasteiger partial charge is 0.270 e. The number of aromatic nitrogens is 1. The number of carbonyl (C=O) groups excluding carboxylic acids is 3. The van der Waals surface area contributed by atoms with Crippen LogP contribution < -0.4 is 21.5 Å². The van der Waals surface area contributed by atoms with E-state index in [0.717, 1.165) is 43.6 Å². The Morgan fingerprint density at radius 2 is 1.97 bits per heavy atom. The SMILES string of the molecule is COc1cc([C@@H](C(=O)NCCC(C)C)N(C(=O)c2snc(C(N)=O)c2N)C2CCCC2)ccc1O. The quantitative estimate of drug-likeness (QED) is 0.387. The van der Waals surface area contributed by atoms with E-state index in [9.17, 15) is 19.5 Å². The van der Waals surface area contributed by atoms with Crippen LogP contribution in [0.25, 0.3) is 0 Å². The lowest BCUT2D eigenvalue weighted by molar-refractivity contribution is -0.126. The fraction of sp³-hybridized carbons (Fsp3) is 0.500. The molecule has 0 spiro atoms. The molecule has 0 bridgehead atoms. The number of nitrogens with two attached hydrogens (primary N) is 2. The molecule has 0 saturated heterocycles. The first kappa shape index (κ1) is 26.3. The van der Waals surface area contributed by atoms with Crippen LogP contribution >= 0.6 is 11.5 Å². The Kier molecular flexibility index (Phi) is 8.55. The third-order valence-corrected chi connectivity index (χ3v) is 7.03. The molecule has 1 aliphatic carbocycles. The molecule has 1 saturated carbocycles. The molecule has 0 radical (unpaired) electrons. The summed E-state index contributed by atoms with van der Waals surface area (Å²) in [5, 5.41) is 13.1. The number of anilines is 1. The number of primary amides is 1. The largest absolute Gasteiger partial charge is 0.504 e. The molecule has 11 heteroatoms. The fourth-order valence-corrected chi connectivity index (χ4v) is 5.06. The zero-order valence-electron chi connectivity index (χ0n) is 20.2. The molecule has 3 amide bonds. The lowest BCUT2D eigenvalue weighted by Gasteiger charge is -2.36. The lowest BCUT2D eigenvalue weighted by atomic mass is 9.99. The van der Waals surface area contributed by atoms with Crippen molar-refractivity contribution in [3.05, 3.63) is 34.3 Å². The second-order valence-corrected chi connectivity index (χ2v) is 9.87. The van der Waals surface area contributed by atoms with Crippen molar-refractivity contribution in [2.75, 3.05) is 19.4 Å². The highest BCUT2D eigenvalue weighted by molar-refractivity contribution is 7.09. The average molecular weight is 504 g/mol. The number of carbonyl (C=O) groups is 3. The van der Waals surface area contributed by atoms with Crippen LogP contribution in [-0.4, -0.2) is 51.8 Å². The van der Waals surface area contributed by atoms with E-state index in [-0.39, 0.29) is 39.7 Å². The van der Waals surface area contributed by atoms with Gasteiger partial charge in [0.2, 0.25) is 5.91 Å². The second kappa shape index (κ2) is 11.4. The van der Waals surface area contributed by atoms with E-state index in [4.69, 9.17) is 16.2 Å². The topological polar surface area (TPSA) is 161 Å². The van der Waals surface area contributed by atoms with E-state index in [1.165, 1.54) is 18.1 Å². The van der Waals surface area contributed by atoms with Crippen molar-refractivity contribution >= 4 is 34.9 Å². The summed E-state index contributed by atoms with van der Waals surface area (Å²) in [5.74, 6) is -1.16. The number of aromatic hydroxyl groups is 1. The van der Waals surface area contributed by atoms with Crippen LogP contribution in [0.3, 0.4) is 0 Å². The van der Waals surface area contributed by atoms with Gasteiger partial charge in [-0.3, -0.25) is 14.4 Å². The molecule has 1 aromatic carbocycles. The maximum atomic E-state index is 13.9. The molecule has 1 atom stereocenters. The molecule has 1 aliphatic rings. The van der Waals surface area contributed by atoms with E-state index in [2.05, 4.69) is 23.5 Å². The number of hydrogen-bond acceptors (Lipinski definition) is 8. The van der Waals surface area contributed by atoms with Crippen molar-refractivity contribution in [1.29, 1.82) is 0 Å². The van der Waals surface area contributed by atoms with E-state index in [1.807, 2.05) is 0 Å². The van der Waals surface area contributed by atoms with Crippen molar-refractivity contribution in [3.63, 3.8) is 0 Å². The highest BCUT2D eigenvalue weighted by Crippen LogP contribution is 2.37. The van der Waals surface area contributed by atoms with Gasteiger partial charge in [0.1, 0.15) is 10.9 Å². The highest BCUT2D eigenvalue weighted by atomic mass is 32.1. The lowest BCUT2D eigenvalue weighted by Crippen LogP contribution is -2.48. The number of rotatable bonds is 10. The third-order valence-electron chi connectivity index (χ3n) is 6.18. The van der Waals surface area contributed by atoms with Gasteiger partial charge < -0.3 is 31.5 Å². The van der Waals surface area contributed by atoms with Crippen molar-refractivity contribution < 1.29 is 24.2 Å². The summed E-state index contributed by atoms with van der Waals surface area (Å²) in [7, 11) is 1.42. The average Bonchev–Trinajstić information content (AvgIpc) is 3.47. The molecule has 0 unspecified atom stereocenters. The predicted molar refractivity (Wildman–Crippen MR) is 133 cm³/mol. The Balaban J connectivity index is 2.09. The van der Waals surface area contributed by atoms with E-state index in [0.29, 0.717) is 18.0 Å². The van der Waals surface area contributed by atoms with Gasteiger partial charge in [0, 0.05) is 12.6 Å². The minimum atomic E-state index is -1.01. The van der Waals surface area contributed by atoms with Crippen LogP contribution in [0.2, 0.25) is 0 Å². The monoisotopic (exact) mass is 503 g/mol. The number of phenolic OH excluding ortho intramolecular Hbond substituents is 1. The van der Waals surface area contributed by atoms with Crippen LogP contribution in [0.15, 0.2) is 18.2 Å². The summed E-state index contributed by atoms with van der Waals surface area (Å²) in [6.45, 7) is 4.57. The van der Waals surface area contributed by atoms with Crippen LogP contribution in [-0.2, 0) is 4.79 Å². The van der Waals surface area contributed by atoms with Crippen LogP contribution in [0.4, 0.5) is 5.69 Å². The number of ether oxygens (including phenoxy) is 1. The first-order valence-corrected chi connectivity index (χ1v) is 12.4. The van der Waals surface area contributed by atoms with Crippen molar-refractivity contribution in [1.82, 2.24) is 14.6 Å². The number of amides is 3. The molecule has 1 aromatic heterocycles. The first-order valence-electron chi connectivity index (χ1n) is 11.7. The number of nitrogens with zero attached hydrogens (tertiary/aromatic N) is 2. The van der Waals surface area contributed by atoms with Gasteiger partial charge in [0.15, 0.2) is 17.2 Å². The Hall–Kier alpha value is -3.34. The van der Waals surface area contributed by atoms with E-state index < -0.39 is 17.9 Å². The third kappa shape index (κ3) is 5.84. The summed E-state index contributed by atoms with van der Waals surface area (Å²) < 4.78 is 9.23. The van der Waals surface area contributed by atoms with E-state index in [1.54, 1.807) is 12.1 Å². The zero-order valence-corrected chi connectivity index (χ0v) is 21.1. The zero-order chi connectivity index (χ0) is 25.7. The van der Waals surface area contributed by atoms with Gasteiger partial charge in [-0.25, -0.2) is 0 Å². The van der Waals surface area contributed by atoms with Gasteiger partial charge >= 0.3 is 0 Å². The van der Waals surface area contributed by atoms with Crippen molar-refractivity contribution in [2.24, 2.45) is 11.7 Å². The standard InChI is InChI=1S/C24H33N5O5S/c1-13(2)10-11-27-23(32)20(14-8-9-16(30)17(12-14)34-3)29(15-6-4-5-7-15)24(33)21-18(25)19(22(26)31)28-35-21/h8-9,12-13,15,20,30H,4-7,10-11,25H2,1-3H3,(H2,26,31)(H,27,32)/t20-/m0/s1.